The first-order valence-electron chi connectivity index (χ1n) is 9.03. The number of anilines is 1. The lowest BCUT2D eigenvalue weighted by molar-refractivity contribution is -0.119. The zero-order valence-corrected chi connectivity index (χ0v) is 16.5. The van der Waals surface area contributed by atoms with E-state index >= 15 is 0 Å². The van der Waals surface area contributed by atoms with Gasteiger partial charge in [-0.1, -0.05) is 0 Å². The molecule has 8 heteroatoms. The van der Waals surface area contributed by atoms with Crippen LogP contribution in [0.2, 0.25) is 0 Å². The van der Waals surface area contributed by atoms with Crippen LogP contribution in [0.25, 0.3) is 0 Å². The minimum atomic E-state index is -0.665. The van der Waals surface area contributed by atoms with Crippen LogP contribution < -0.4 is 14.8 Å². The molecule has 0 saturated carbocycles. The van der Waals surface area contributed by atoms with Crippen molar-refractivity contribution in [3.05, 3.63) is 53.6 Å². The largest absolute Gasteiger partial charge is 0.493 e. The molecule has 0 radical (unpaired) electrons. The van der Waals surface area contributed by atoms with Gasteiger partial charge in [-0.15, -0.1) is 0 Å². The Kier molecular flexibility index (Phi) is 8.02. The highest BCUT2D eigenvalue weighted by molar-refractivity contribution is 5.96. The second-order valence-corrected chi connectivity index (χ2v) is 5.72. The SMILES string of the molecule is CCOC(=O)c1ccc(NC(=O)COC(=O)c2ccc(OC)c(OCC)c2)cc1. The number of hydrogen-bond acceptors (Lipinski definition) is 7. The summed E-state index contributed by atoms with van der Waals surface area (Å²) < 4.78 is 20.5. The minimum absolute atomic E-state index is 0.237. The lowest BCUT2D eigenvalue weighted by atomic mass is 10.2. The van der Waals surface area contributed by atoms with Crippen molar-refractivity contribution in [2.75, 3.05) is 32.2 Å². The summed E-state index contributed by atoms with van der Waals surface area (Å²) in [6.45, 7) is 3.76. The zero-order chi connectivity index (χ0) is 21.2. The maximum Gasteiger partial charge on any atom is 0.338 e. The molecule has 0 aromatic heterocycles. The van der Waals surface area contributed by atoms with Crippen molar-refractivity contribution < 1.29 is 33.3 Å². The molecule has 0 heterocycles. The molecule has 0 aliphatic rings. The Labute approximate surface area is 168 Å². The molecular weight excluding hydrogens is 378 g/mol. The van der Waals surface area contributed by atoms with E-state index < -0.39 is 24.5 Å². The fourth-order valence-corrected chi connectivity index (χ4v) is 2.39. The third-order valence-corrected chi connectivity index (χ3v) is 3.71. The number of rotatable bonds is 9. The first kappa shape index (κ1) is 21.7. The quantitative estimate of drug-likeness (QED) is 0.645. The fraction of sp³-hybridized carbons (Fsp3) is 0.286. The van der Waals surface area contributed by atoms with Gasteiger partial charge in [-0.05, 0) is 56.3 Å². The van der Waals surface area contributed by atoms with E-state index in [1.165, 1.54) is 31.4 Å². The second kappa shape index (κ2) is 10.7. The van der Waals surface area contributed by atoms with Crippen molar-refractivity contribution in [2.24, 2.45) is 0 Å². The predicted molar refractivity (Wildman–Crippen MR) is 105 cm³/mol. The van der Waals surface area contributed by atoms with E-state index in [0.29, 0.717) is 29.4 Å². The Morgan fingerprint density at radius 3 is 2.10 bits per heavy atom. The molecule has 0 unspecified atom stereocenters. The average Bonchev–Trinajstić information content (AvgIpc) is 2.73. The standard InChI is InChI=1S/C21H23NO7/c1-4-27-18-12-15(8-11-17(18)26-3)21(25)29-13-19(23)22-16-9-6-14(7-10-16)20(24)28-5-2/h6-12H,4-5,13H2,1-3H3,(H,22,23). The lowest BCUT2D eigenvalue weighted by Crippen LogP contribution is -2.21. The van der Waals surface area contributed by atoms with Gasteiger partial charge in [0.15, 0.2) is 18.1 Å². The van der Waals surface area contributed by atoms with Crippen LogP contribution in [-0.4, -0.2) is 44.8 Å². The van der Waals surface area contributed by atoms with Gasteiger partial charge in [0, 0.05) is 5.69 Å². The molecule has 1 amide bonds. The Morgan fingerprint density at radius 2 is 1.48 bits per heavy atom. The highest BCUT2D eigenvalue weighted by Gasteiger charge is 2.14. The van der Waals surface area contributed by atoms with Crippen molar-refractivity contribution in [1.29, 1.82) is 0 Å². The van der Waals surface area contributed by atoms with Crippen molar-refractivity contribution in [3.63, 3.8) is 0 Å². The topological polar surface area (TPSA) is 100 Å². The van der Waals surface area contributed by atoms with Crippen LogP contribution in [-0.2, 0) is 14.3 Å². The number of benzene rings is 2. The summed E-state index contributed by atoms with van der Waals surface area (Å²) in [6, 6.07) is 10.8. The molecule has 2 aromatic rings. The molecular formula is C21H23NO7. The molecule has 2 aromatic carbocycles. The van der Waals surface area contributed by atoms with Crippen LogP contribution in [0.15, 0.2) is 42.5 Å². The molecule has 154 valence electrons. The molecule has 0 spiro atoms. The molecule has 29 heavy (non-hydrogen) atoms. The van der Waals surface area contributed by atoms with Gasteiger partial charge in [-0.2, -0.15) is 0 Å². The highest BCUT2D eigenvalue weighted by atomic mass is 16.5. The number of ether oxygens (including phenoxy) is 4. The van der Waals surface area contributed by atoms with Crippen LogP contribution in [0.3, 0.4) is 0 Å². The summed E-state index contributed by atoms with van der Waals surface area (Å²) in [5, 5.41) is 2.58. The third kappa shape index (κ3) is 6.24. The van der Waals surface area contributed by atoms with E-state index in [0.717, 1.165) is 0 Å². The molecule has 8 nitrogen and oxygen atoms in total. The Bertz CT molecular complexity index is 862. The van der Waals surface area contributed by atoms with Crippen LogP contribution >= 0.6 is 0 Å². The van der Waals surface area contributed by atoms with E-state index in [9.17, 15) is 14.4 Å². The van der Waals surface area contributed by atoms with Gasteiger partial charge in [0.2, 0.25) is 0 Å². The normalized spacial score (nSPS) is 10.0. The van der Waals surface area contributed by atoms with Gasteiger partial charge in [-0.3, -0.25) is 4.79 Å². The summed E-state index contributed by atoms with van der Waals surface area (Å²) in [4.78, 5) is 35.8. The molecule has 1 N–H and O–H groups in total. The zero-order valence-electron chi connectivity index (χ0n) is 16.5. The average molecular weight is 401 g/mol. The van der Waals surface area contributed by atoms with E-state index in [1.807, 2.05) is 6.92 Å². The predicted octanol–water partition coefficient (Wildman–Crippen LogP) is 3.07. The Hall–Kier alpha value is -3.55. The maximum absolute atomic E-state index is 12.2. The number of hydrogen-bond donors (Lipinski definition) is 1. The van der Waals surface area contributed by atoms with Crippen molar-refractivity contribution in [1.82, 2.24) is 0 Å². The number of carbonyl (C=O) groups is 3. The van der Waals surface area contributed by atoms with Crippen LogP contribution in [0.4, 0.5) is 5.69 Å². The van der Waals surface area contributed by atoms with Crippen molar-refractivity contribution >= 4 is 23.5 Å². The summed E-state index contributed by atoms with van der Waals surface area (Å²) in [6.07, 6.45) is 0. The smallest absolute Gasteiger partial charge is 0.338 e. The highest BCUT2D eigenvalue weighted by Crippen LogP contribution is 2.28. The van der Waals surface area contributed by atoms with E-state index in [4.69, 9.17) is 18.9 Å². The Balaban J connectivity index is 1.91. The summed E-state index contributed by atoms with van der Waals surface area (Å²) >= 11 is 0. The van der Waals surface area contributed by atoms with Crippen LogP contribution in [0, 0.1) is 0 Å². The van der Waals surface area contributed by atoms with Gasteiger partial charge >= 0.3 is 11.9 Å². The van der Waals surface area contributed by atoms with Gasteiger partial charge in [0.05, 0.1) is 31.5 Å². The first-order chi connectivity index (χ1) is 14.0. The molecule has 0 bridgehead atoms. The monoisotopic (exact) mass is 401 g/mol. The van der Waals surface area contributed by atoms with Gasteiger partial charge in [0.25, 0.3) is 5.91 Å². The summed E-state index contributed by atoms with van der Waals surface area (Å²) in [5.74, 6) is -0.713. The molecule has 2 rings (SSSR count). The summed E-state index contributed by atoms with van der Waals surface area (Å²) in [7, 11) is 1.50. The van der Waals surface area contributed by atoms with Gasteiger partial charge < -0.3 is 24.3 Å². The van der Waals surface area contributed by atoms with Gasteiger partial charge in [0.1, 0.15) is 0 Å². The van der Waals surface area contributed by atoms with Crippen LogP contribution in [0.1, 0.15) is 34.6 Å². The fourth-order valence-electron chi connectivity index (χ4n) is 2.39. The molecule has 0 atom stereocenters. The third-order valence-electron chi connectivity index (χ3n) is 3.71. The van der Waals surface area contributed by atoms with E-state index in [2.05, 4.69) is 5.32 Å². The summed E-state index contributed by atoms with van der Waals surface area (Å²) in [5.41, 5.74) is 1.07. The molecule has 0 fully saturated rings. The van der Waals surface area contributed by atoms with Crippen molar-refractivity contribution in [2.45, 2.75) is 13.8 Å². The number of nitrogens with one attached hydrogen (secondary N) is 1. The van der Waals surface area contributed by atoms with E-state index in [1.54, 1.807) is 25.1 Å². The Morgan fingerprint density at radius 1 is 0.828 bits per heavy atom. The maximum atomic E-state index is 12.2. The van der Waals surface area contributed by atoms with E-state index in [-0.39, 0.29) is 12.2 Å². The molecule has 0 aliphatic carbocycles. The number of esters is 2. The molecule has 0 saturated heterocycles. The van der Waals surface area contributed by atoms with Crippen LogP contribution in [0.5, 0.6) is 11.5 Å². The second-order valence-electron chi connectivity index (χ2n) is 5.72. The lowest BCUT2D eigenvalue weighted by Gasteiger charge is -2.11. The van der Waals surface area contributed by atoms with Gasteiger partial charge in [-0.25, -0.2) is 9.59 Å². The minimum Gasteiger partial charge on any atom is -0.493 e. The van der Waals surface area contributed by atoms with Crippen molar-refractivity contribution in [3.8, 4) is 11.5 Å². The first-order valence-corrected chi connectivity index (χ1v) is 9.03. The number of carbonyl (C=O) groups excluding carboxylic acids is 3. The molecule has 0 aliphatic heterocycles. The number of methoxy groups -OCH3 is 1. The number of amides is 1.